The summed E-state index contributed by atoms with van der Waals surface area (Å²) < 4.78 is 28.3. The standard InChI is InChI=1S/C13H13NO4S2/c1-9-3-4-10(18-9)5-6-12(15)14-13-11(7-8-19-13)20(2,16)17/h3-8H,1-2H3,(H,14,15)/b6-5+. The number of aryl methyl sites for hydroxylation is 1. The molecule has 2 heterocycles. The highest BCUT2D eigenvalue weighted by atomic mass is 32.2. The molecule has 7 heteroatoms. The molecule has 0 atom stereocenters. The number of rotatable bonds is 4. The Morgan fingerprint density at radius 3 is 2.70 bits per heavy atom. The molecular weight excluding hydrogens is 298 g/mol. The first-order valence-electron chi connectivity index (χ1n) is 5.69. The number of thiophene rings is 1. The average molecular weight is 311 g/mol. The van der Waals surface area contributed by atoms with Gasteiger partial charge in [0.1, 0.15) is 21.4 Å². The largest absolute Gasteiger partial charge is 0.462 e. The smallest absolute Gasteiger partial charge is 0.249 e. The van der Waals surface area contributed by atoms with E-state index in [1.807, 2.05) is 0 Å². The van der Waals surface area contributed by atoms with Crippen LogP contribution in [0.4, 0.5) is 5.00 Å². The number of hydrogen-bond acceptors (Lipinski definition) is 5. The Labute approximate surface area is 120 Å². The molecule has 0 bridgehead atoms. The van der Waals surface area contributed by atoms with Gasteiger partial charge in [0.25, 0.3) is 0 Å². The fourth-order valence-electron chi connectivity index (χ4n) is 1.54. The topological polar surface area (TPSA) is 76.4 Å². The first-order valence-corrected chi connectivity index (χ1v) is 8.46. The number of anilines is 1. The molecule has 0 saturated carbocycles. The molecule has 2 aromatic rings. The molecule has 1 amide bonds. The predicted molar refractivity (Wildman–Crippen MR) is 78.5 cm³/mol. The fraction of sp³-hybridized carbons (Fsp3) is 0.154. The summed E-state index contributed by atoms with van der Waals surface area (Å²) >= 11 is 1.16. The van der Waals surface area contributed by atoms with Crippen LogP contribution >= 0.6 is 11.3 Å². The summed E-state index contributed by atoms with van der Waals surface area (Å²) in [6, 6.07) is 5.00. The Morgan fingerprint density at radius 2 is 2.10 bits per heavy atom. The zero-order chi connectivity index (χ0) is 14.8. The van der Waals surface area contributed by atoms with Crippen molar-refractivity contribution in [1.82, 2.24) is 0 Å². The van der Waals surface area contributed by atoms with Crippen LogP contribution in [0.1, 0.15) is 11.5 Å². The Morgan fingerprint density at radius 1 is 1.35 bits per heavy atom. The summed E-state index contributed by atoms with van der Waals surface area (Å²) in [6.45, 7) is 1.81. The third-order valence-electron chi connectivity index (χ3n) is 2.43. The molecule has 0 aromatic carbocycles. The highest BCUT2D eigenvalue weighted by Crippen LogP contribution is 2.27. The quantitative estimate of drug-likeness (QED) is 0.881. The maximum atomic E-state index is 11.7. The van der Waals surface area contributed by atoms with Crippen LogP contribution in [0.5, 0.6) is 0 Å². The Balaban J connectivity index is 2.09. The molecule has 0 aliphatic heterocycles. The van der Waals surface area contributed by atoms with Crippen molar-refractivity contribution >= 4 is 38.2 Å². The van der Waals surface area contributed by atoms with Crippen LogP contribution in [0.25, 0.3) is 6.08 Å². The lowest BCUT2D eigenvalue weighted by Gasteiger charge is -2.01. The number of sulfone groups is 1. The zero-order valence-corrected chi connectivity index (χ0v) is 12.5. The van der Waals surface area contributed by atoms with Gasteiger partial charge in [-0.15, -0.1) is 11.3 Å². The Bertz CT molecular complexity index is 753. The highest BCUT2D eigenvalue weighted by molar-refractivity contribution is 7.91. The Hall–Kier alpha value is -1.86. The van der Waals surface area contributed by atoms with Crippen LogP contribution in [0.15, 0.2) is 39.0 Å². The summed E-state index contributed by atoms with van der Waals surface area (Å²) in [7, 11) is -3.35. The first kappa shape index (κ1) is 14.5. The summed E-state index contributed by atoms with van der Waals surface area (Å²) in [4.78, 5) is 11.9. The zero-order valence-electron chi connectivity index (χ0n) is 10.9. The van der Waals surface area contributed by atoms with Crippen molar-refractivity contribution in [2.24, 2.45) is 0 Å². The van der Waals surface area contributed by atoms with Gasteiger partial charge in [-0.3, -0.25) is 4.79 Å². The van der Waals surface area contributed by atoms with Crippen LogP contribution in [-0.4, -0.2) is 20.6 Å². The monoisotopic (exact) mass is 311 g/mol. The third kappa shape index (κ3) is 3.58. The number of furan rings is 1. The summed E-state index contributed by atoms with van der Waals surface area (Å²) in [5, 5.41) is 4.48. The van der Waals surface area contributed by atoms with Crippen molar-refractivity contribution in [3.63, 3.8) is 0 Å². The van der Waals surface area contributed by atoms with Crippen molar-refractivity contribution in [1.29, 1.82) is 0 Å². The van der Waals surface area contributed by atoms with Gasteiger partial charge in [0.05, 0.1) is 0 Å². The molecule has 0 radical (unpaired) electrons. The molecule has 2 aromatic heterocycles. The van der Waals surface area contributed by atoms with Gasteiger partial charge in [-0.1, -0.05) is 0 Å². The number of carbonyl (C=O) groups excluding carboxylic acids is 1. The highest BCUT2D eigenvalue weighted by Gasteiger charge is 2.15. The molecule has 0 spiro atoms. The van der Waals surface area contributed by atoms with Crippen molar-refractivity contribution in [3.8, 4) is 0 Å². The molecule has 2 rings (SSSR count). The van der Waals surface area contributed by atoms with Crippen LogP contribution in [0.3, 0.4) is 0 Å². The Kier molecular flexibility index (Phi) is 4.10. The minimum Gasteiger partial charge on any atom is -0.462 e. The predicted octanol–water partition coefficient (Wildman–Crippen LogP) is 2.70. The van der Waals surface area contributed by atoms with E-state index in [0.717, 1.165) is 23.4 Å². The average Bonchev–Trinajstić information content (AvgIpc) is 2.94. The second-order valence-corrected chi connectivity index (χ2v) is 7.06. The number of hydrogen-bond donors (Lipinski definition) is 1. The normalized spacial score (nSPS) is 11.9. The summed E-state index contributed by atoms with van der Waals surface area (Å²) in [5.74, 6) is 0.904. The second kappa shape index (κ2) is 5.64. The lowest BCUT2D eigenvalue weighted by atomic mass is 10.4. The number of carbonyl (C=O) groups is 1. The van der Waals surface area contributed by atoms with Crippen molar-refractivity contribution in [3.05, 3.63) is 41.2 Å². The number of amides is 1. The van der Waals surface area contributed by atoms with Crippen molar-refractivity contribution in [2.45, 2.75) is 11.8 Å². The third-order valence-corrected chi connectivity index (χ3v) is 4.52. The molecule has 0 fully saturated rings. The van der Waals surface area contributed by atoms with Gasteiger partial charge in [0.15, 0.2) is 9.84 Å². The van der Waals surface area contributed by atoms with Crippen LogP contribution in [-0.2, 0) is 14.6 Å². The minimum atomic E-state index is -3.35. The van der Waals surface area contributed by atoms with E-state index in [2.05, 4.69) is 5.32 Å². The van der Waals surface area contributed by atoms with Gasteiger partial charge >= 0.3 is 0 Å². The lowest BCUT2D eigenvalue weighted by molar-refractivity contribution is -0.111. The molecular formula is C13H13NO4S2. The van der Waals surface area contributed by atoms with E-state index >= 15 is 0 Å². The molecule has 0 saturated heterocycles. The minimum absolute atomic E-state index is 0.123. The molecule has 20 heavy (non-hydrogen) atoms. The van der Waals surface area contributed by atoms with E-state index in [4.69, 9.17) is 4.42 Å². The molecule has 1 N–H and O–H groups in total. The van der Waals surface area contributed by atoms with E-state index in [9.17, 15) is 13.2 Å². The van der Waals surface area contributed by atoms with Gasteiger partial charge in [-0.2, -0.15) is 0 Å². The molecule has 0 aliphatic carbocycles. The van der Waals surface area contributed by atoms with Crippen molar-refractivity contribution in [2.75, 3.05) is 11.6 Å². The van der Waals surface area contributed by atoms with E-state index in [-0.39, 0.29) is 4.90 Å². The van der Waals surface area contributed by atoms with Gasteiger partial charge in [0, 0.05) is 12.3 Å². The SMILES string of the molecule is Cc1ccc(/C=C/C(=O)Nc2sccc2S(C)(=O)=O)o1. The molecule has 106 valence electrons. The summed E-state index contributed by atoms with van der Waals surface area (Å²) in [6.07, 6.45) is 3.92. The number of nitrogens with one attached hydrogen (secondary N) is 1. The van der Waals surface area contributed by atoms with E-state index in [0.29, 0.717) is 10.8 Å². The van der Waals surface area contributed by atoms with Crippen molar-refractivity contribution < 1.29 is 17.6 Å². The maximum Gasteiger partial charge on any atom is 0.249 e. The van der Waals surface area contributed by atoms with Gasteiger partial charge in [-0.05, 0) is 36.6 Å². The van der Waals surface area contributed by atoms with Crippen LogP contribution in [0, 0.1) is 6.92 Å². The van der Waals surface area contributed by atoms with Crippen LogP contribution < -0.4 is 5.32 Å². The van der Waals surface area contributed by atoms with E-state index in [1.54, 1.807) is 24.4 Å². The van der Waals surface area contributed by atoms with Gasteiger partial charge < -0.3 is 9.73 Å². The molecule has 5 nitrogen and oxygen atoms in total. The van der Waals surface area contributed by atoms with Gasteiger partial charge in [-0.25, -0.2) is 8.42 Å². The first-order chi connectivity index (χ1) is 9.36. The fourth-order valence-corrected chi connectivity index (χ4v) is 3.61. The summed E-state index contributed by atoms with van der Waals surface area (Å²) in [5.41, 5.74) is 0. The molecule has 0 aliphatic rings. The second-order valence-electron chi connectivity index (χ2n) is 4.16. The lowest BCUT2D eigenvalue weighted by Crippen LogP contribution is -2.09. The van der Waals surface area contributed by atoms with Gasteiger partial charge in [0.2, 0.25) is 5.91 Å². The van der Waals surface area contributed by atoms with Crippen LogP contribution in [0.2, 0.25) is 0 Å². The van der Waals surface area contributed by atoms with E-state index < -0.39 is 15.7 Å². The molecule has 0 unspecified atom stereocenters. The van der Waals surface area contributed by atoms with E-state index in [1.165, 1.54) is 18.2 Å². The maximum absolute atomic E-state index is 11.7.